The monoisotopic (exact) mass is 639 g/mol. The summed E-state index contributed by atoms with van der Waals surface area (Å²) in [7, 11) is 2.06. The number of pyridine rings is 2. The fraction of sp³-hybridized carbons (Fsp3) is 0.381. The standard InChI is InChI=1S/C42H51N6/c1-28(2)35-19-15-33(16-20-35)25-37-23-24-48(8)42-14-10-13-41(47-42)32(7)45-38(26-34-17-21-36(22-18-34)29(3)4)27-43-30(5)39-11-9-12-40(46-39)31(6)44-37/h9-22,24,28-29,37-38H,23,25-27H2,1-8H3/q+1/b43-30?,44-31?,45-32?,48-24+. The fourth-order valence-electron chi connectivity index (χ4n) is 5.99. The molecule has 0 saturated heterocycles. The number of nitrogens with zero attached hydrogens (tertiary/aromatic N) is 6. The summed E-state index contributed by atoms with van der Waals surface area (Å²) in [6.45, 7) is 15.6. The molecule has 6 nitrogen and oxygen atoms in total. The van der Waals surface area contributed by atoms with Gasteiger partial charge in [-0.3, -0.25) is 15.0 Å². The largest absolute Gasteiger partial charge is 0.323 e. The molecule has 48 heavy (non-hydrogen) atoms. The van der Waals surface area contributed by atoms with Crippen LogP contribution in [0.15, 0.2) is 99.9 Å². The number of benzene rings is 2. The van der Waals surface area contributed by atoms with Crippen LogP contribution >= 0.6 is 0 Å². The SMILES string of the molecule is CC1=NCC(Cc2ccc(C(C)C)cc2)N=C(C)c2cccc(n2)/[N+](C)=C/CC(Cc2ccc(C(C)C)cc2)N=C(C)c2cccc1n2. The van der Waals surface area contributed by atoms with E-state index in [-0.39, 0.29) is 12.1 Å². The summed E-state index contributed by atoms with van der Waals surface area (Å²) in [5.74, 6) is 1.89. The predicted molar refractivity (Wildman–Crippen MR) is 203 cm³/mol. The van der Waals surface area contributed by atoms with Crippen LogP contribution in [-0.2, 0) is 12.8 Å². The second-order valence-corrected chi connectivity index (χ2v) is 13.7. The van der Waals surface area contributed by atoms with Crippen LogP contribution in [-0.4, -0.2) is 63.6 Å². The molecule has 3 heterocycles. The molecule has 6 heteroatoms. The minimum absolute atomic E-state index is 0.0401. The molecule has 2 aromatic carbocycles. The average Bonchev–Trinajstić information content (AvgIpc) is 3.09. The third-order valence-electron chi connectivity index (χ3n) is 9.14. The smallest absolute Gasteiger partial charge is 0.286 e. The Morgan fingerprint density at radius 3 is 1.65 bits per heavy atom. The van der Waals surface area contributed by atoms with E-state index in [2.05, 4.69) is 126 Å². The minimum Gasteiger partial charge on any atom is -0.286 e. The van der Waals surface area contributed by atoms with Gasteiger partial charge < -0.3 is 0 Å². The minimum atomic E-state index is -0.0414. The molecule has 0 spiro atoms. The van der Waals surface area contributed by atoms with Crippen molar-refractivity contribution in [1.82, 2.24) is 9.97 Å². The Kier molecular flexibility index (Phi) is 11.6. The summed E-state index contributed by atoms with van der Waals surface area (Å²) in [6.07, 6.45) is 4.59. The lowest BCUT2D eigenvalue weighted by atomic mass is 9.98. The van der Waals surface area contributed by atoms with E-state index in [0.29, 0.717) is 18.4 Å². The Hall–Kier alpha value is -4.58. The van der Waals surface area contributed by atoms with Gasteiger partial charge in [0.2, 0.25) is 0 Å². The molecule has 4 bridgehead atoms. The van der Waals surface area contributed by atoms with Crippen LogP contribution in [0.3, 0.4) is 0 Å². The van der Waals surface area contributed by atoms with Gasteiger partial charge in [-0.25, -0.2) is 9.56 Å². The van der Waals surface area contributed by atoms with Crippen LogP contribution in [0.2, 0.25) is 0 Å². The first kappa shape index (κ1) is 34.7. The van der Waals surface area contributed by atoms with Gasteiger partial charge >= 0.3 is 5.82 Å². The average molecular weight is 640 g/mol. The van der Waals surface area contributed by atoms with Gasteiger partial charge in [0, 0.05) is 12.5 Å². The molecule has 248 valence electrons. The summed E-state index contributed by atoms with van der Waals surface area (Å²) >= 11 is 0. The molecule has 1 aliphatic rings. The quantitative estimate of drug-likeness (QED) is 0.198. The third kappa shape index (κ3) is 9.27. The van der Waals surface area contributed by atoms with E-state index in [1.54, 1.807) is 0 Å². The summed E-state index contributed by atoms with van der Waals surface area (Å²) in [4.78, 5) is 25.6. The first-order valence-corrected chi connectivity index (χ1v) is 17.3. The molecule has 1 aliphatic heterocycles. The zero-order valence-corrected chi connectivity index (χ0v) is 30.0. The van der Waals surface area contributed by atoms with Gasteiger partial charge in [-0.05, 0) is 97.0 Å². The Morgan fingerprint density at radius 2 is 1.08 bits per heavy atom. The molecule has 0 N–H and O–H groups in total. The molecule has 0 aliphatic carbocycles. The molecular weight excluding hydrogens is 589 g/mol. The van der Waals surface area contributed by atoms with E-state index in [4.69, 9.17) is 24.9 Å². The van der Waals surface area contributed by atoms with E-state index in [9.17, 15) is 0 Å². The second-order valence-electron chi connectivity index (χ2n) is 13.7. The maximum absolute atomic E-state index is 5.26. The van der Waals surface area contributed by atoms with Gasteiger partial charge in [0.05, 0.1) is 60.4 Å². The Morgan fingerprint density at radius 1 is 0.604 bits per heavy atom. The molecule has 2 aromatic heterocycles. The number of hydrogen-bond acceptors (Lipinski definition) is 5. The Bertz CT molecular complexity index is 1670. The van der Waals surface area contributed by atoms with Crippen LogP contribution in [0, 0.1) is 0 Å². The highest BCUT2D eigenvalue weighted by Crippen LogP contribution is 2.20. The lowest BCUT2D eigenvalue weighted by Crippen LogP contribution is -2.18. The second kappa shape index (κ2) is 16.0. The van der Waals surface area contributed by atoms with Gasteiger partial charge in [0.15, 0.2) is 5.69 Å². The van der Waals surface area contributed by atoms with Crippen molar-refractivity contribution < 1.29 is 4.58 Å². The first-order valence-electron chi connectivity index (χ1n) is 17.3. The van der Waals surface area contributed by atoms with Gasteiger partial charge in [0.25, 0.3) is 0 Å². The van der Waals surface area contributed by atoms with E-state index >= 15 is 0 Å². The van der Waals surface area contributed by atoms with Crippen molar-refractivity contribution in [2.75, 3.05) is 13.6 Å². The number of fused-ring (bicyclic) bond motifs is 4. The van der Waals surface area contributed by atoms with Gasteiger partial charge in [-0.15, -0.1) is 0 Å². The molecule has 0 radical (unpaired) electrons. The highest BCUT2D eigenvalue weighted by atomic mass is 15.1. The molecule has 2 atom stereocenters. The predicted octanol–water partition coefficient (Wildman–Crippen LogP) is 8.82. The van der Waals surface area contributed by atoms with Crippen molar-refractivity contribution in [2.24, 2.45) is 15.0 Å². The molecular formula is C42H51N6+. The molecule has 0 fully saturated rings. The van der Waals surface area contributed by atoms with Crippen molar-refractivity contribution in [3.63, 3.8) is 0 Å². The van der Waals surface area contributed by atoms with Crippen LogP contribution in [0.5, 0.6) is 0 Å². The Labute approximate surface area is 287 Å². The van der Waals surface area contributed by atoms with Crippen LogP contribution < -0.4 is 0 Å². The first-order chi connectivity index (χ1) is 23.0. The lowest BCUT2D eigenvalue weighted by Gasteiger charge is -2.15. The summed E-state index contributed by atoms with van der Waals surface area (Å²) < 4.78 is 2.11. The van der Waals surface area contributed by atoms with Crippen molar-refractivity contribution >= 4 is 29.2 Å². The van der Waals surface area contributed by atoms with Crippen LogP contribution in [0.4, 0.5) is 5.82 Å². The summed E-state index contributed by atoms with van der Waals surface area (Å²) in [5.41, 5.74) is 10.6. The normalized spacial score (nSPS) is 18.7. The maximum Gasteiger partial charge on any atom is 0.323 e. The summed E-state index contributed by atoms with van der Waals surface area (Å²) in [6, 6.07) is 30.2. The van der Waals surface area contributed by atoms with E-state index in [1.807, 2.05) is 25.1 Å². The topological polar surface area (TPSA) is 65.9 Å². The van der Waals surface area contributed by atoms with Crippen molar-refractivity contribution in [2.45, 2.75) is 91.6 Å². The molecule has 0 amide bonds. The molecule has 2 unspecified atom stereocenters. The zero-order chi connectivity index (χ0) is 34.2. The van der Waals surface area contributed by atoms with Crippen molar-refractivity contribution in [1.29, 1.82) is 0 Å². The zero-order valence-electron chi connectivity index (χ0n) is 30.0. The number of aliphatic imine (C=N–C) groups is 3. The van der Waals surface area contributed by atoms with Gasteiger partial charge in [-0.2, -0.15) is 0 Å². The fourth-order valence-corrected chi connectivity index (χ4v) is 5.99. The van der Waals surface area contributed by atoms with Gasteiger partial charge in [0.1, 0.15) is 0 Å². The van der Waals surface area contributed by atoms with Crippen molar-refractivity contribution in [3.8, 4) is 0 Å². The highest BCUT2D eigenvalue weighted by molar-refractivity contribution is 6.01. The number of rotatable bonds is 6. The molecule has 0 saturated carbocycles. The van der Waals surface area contributed by atoms with Crippen molar-refractivity contribution in [3.05, 3.63) is 124 Å². The maximum atomic E-state index is 5.26. The van der Waals surface area contributed by atoms with E-state index in [1.165, 1.54) is 22.3 Å². The van der Waals surface area contributed by atoms with Gasteiger partial charge in [-0.1, -0.05) is 82.3 Å². The molecule has 5 rings (SSSR count). The number of aromatic nitrogens is 2. The van der Waals surface area contributed by atoms with E-state index < -0.39 is 0 Å². The third-order valence-corrected chi connectivity index (χ3v) is 9.14. The van der Waals surface area contributed by atoms with Crippen LogP contribution in [0.1, 0.15) is 106 Å². The highest BCUT2D eigenvalue weighted by Gasteiger charge is 2.17. The van der Waals surface area contributed by atoms with E-state index in [0.717, 1.165) is 59.3 Å². The number of hydrogen-bond donors (Lipinski definition) is 0. The lowest BCUT2D eigenvalue weighted by molar-refractivity contribution is -0.405. The molecule has 4 aromatic rings. The summed E-state index contributed by atoms with van der Waals surface area (Å²) in [5, 5.41) is 0. The van der Waals surface area contributed by atoms with Crippen LogP contribution in [0.25, 0.3) is 0 Å². The Balaban J connectivity index is 1.52.